The van der Waals surface area contributed by atoms with Gasteiger partial charge in [0, 0.05) is 12.8 Å². The van der Waals surface area contributed by atoms with Crippen LogP contribution in [0.15, 0.2) is 4.47 Å². The first kappa shape index (κ1) is 16.5. The summed E-state index contributed by atoms with van der Waals surface area (Å²) in [5.41, 5.74) is 7.86. The molecule has 0 aliphatic heterocycles. The van der Waals surface area contributed by atoms with Gasteiger partial charge in [0.2, 0.25) is 0 Å². The summed E-state index contributed by atoms with van der Waals surface area (Å²) in [6.07, 6.45) is 0.623. The Bertz CT molecular complexity index is 437. The molecule has 1 aromatic heterocycles. The topological polar surface area (TPSA) is 70.1 Å². The molecule has 0 fully saturated rings. The average molecular weight is 350 g/mol. The molecule has 0 saturated carbocycles. The highest BCUT2D eigenvalue weighted by atomic mass is 79.9. The minimum Gasteiger partial charge on any atom is -0.465 e. The first-order chi connectivity index (χ1) is 8.97. The fourth-order valence-electron chi connectivity index (χ4n) is 1.58. The van der Waals surface area contributed by atoms with Gasteiger partial charge in [0.1, 0.15) is 6.04 Å². The number of carbonyl (C=O) groups excluding carboxylic acids is 1. The second-order valence-corrected chi connectivity index (χ2v) is 6.07. The molecule has 1 unspecified atom stereocenters. The lowest BCUT2D eigenvalue weighted by Crippen LogP contribution is -2.32. The normalized spacial score (nSPS) is 12.5. The maximum Gasteiger partial charge on any atom is 0.322 e. The van der Waals surface area contributed by atoms with E-state index in [0.717, 1.165) is 27.4 Å². The monoisotopic (exact) mass is 349 g/mol. The van der Waals surface area contributed by atoms with Crippen molar-refractivity contribution >= 4 is 33.7 Å². The van der Waals surface area contributed by atoms with Gasteiger partial charge >= 0.3 is 5.97 Å². The predicted molar refractivity (Wildman–Crippen MR) is 81.0 cm³/mol. The average Bonchev–Trinajstić information content (AvgIpc) is 2.60. The van der Waals surface area contributed by atoms with Gasteiger partial charge in [0.15, 0.2) is 0 Å². The number of thioether (sulfide) groups is 1. The summed E-state index contributed by atoms with van der Waals surface area (Å²) in [6.45, 7) is 4.12. The van der Waals surface area contributed by atoms with Crippen LogP contribution in [0.4, 0.5) is 0 Å². The van der Waals surface area contributed by atoms with Gasteiger partial charge in [-0.25, -0.2) is 0 Å². The van der Waals surface area contributed by atoms with E-state index in [0.29, 0.717) is 13.0 Å². The maximum atomic E-state index is 11.3. The Hall–Kier alpha value is -0.530. The maximum absolute atomic E-state index is 11.3. The number of aromatic nitrogens is 2. The van der Waals surface area contributed by atoms with Crippen LogP contribution >= 0.6 is 27.7 Å². The molecule has 0 radical (unpaired) electrons. The molecule has 0 saturated heterocycles. The largest absolute Gasteiger partial charge is 0.465 e. The smallest absolute Gasteiger partial charge is 0.322 e. The van der Waals surface area contributed by atoms with Gasteiger partial charge in [0.05, 0.1) is 22.5 Å². The van der Waals surface area contributed by atoms with E-state index in [1.54, 1.807) is 18.7 Å². The third kappa shape index (κ3) is 4.81. The van der Waals surface area contributed by atoms with Gasteiger partial charge < -0.3 is 10.5 Å². The van der Waals surface area contributed by atoms with Crippen molar-refractivity contribution in [2.45, 2.75) is 32.1 Å². The van der Waals surface area contributed by atoms with E-state index in [2.05, 4.69) is 21.0 Å². The standard InChI is InChI=1S/C12H20BrN3O2S/c1-4-18-12(17)9(14)5-6-19-7-10-11(13)8(2)15-16(10)3/h9H,4-7,14H2,1-3H3. The molecule has 0 aliphatic rings. The lowest BCUT2D eigenvalue weighted by Gasteiger charge is -2.10. The first-order valence-electron chi connectivity index (χ1n) is 6.15. The Morgan fingerprint density at radius 1 is 1.63 bits per heavy atom. The Labute approximate surface area is 126 Å². The van der Waals surface area contributed by atoms with Crippen LogP contribution in [0.1, 0.15) is 24.7 Å². The minimum atomic E-state index is -0.524. The number of nitrogens with zero attached hydrogens (tertiary/aromatic N) is 2. The molecule has 19 heavy (non-hydrogen) atoms. The number of esters is 1. The zero-order valence-electron chi connectivity index (χ0n) is 11.5. The van der Waals surface area contributed by atoms with Crippen LogP contribution < -0.4 is 5.73 Å². The lowest BCUT2D eigenvalue weighted by molar-refractivity contribution is -0.144. The van der Waals surface area contributed by atoms with E-state index in [1.165, 1.54) is 0 Å². The van der Waals surface area contributed by atoms with Gasteiger partial charge in [-0.3, -0.25) is 9.48 Å². The molecule has 5 nitrogen and oxygen atoms in total. The summed E-state index contributed by atoms with van der Waals surface area (Å²) in [5, 5.41) is 4.33. The second kappa shape index (κ2) is 7.91. The molecular formula is C12H20BrN3O2S. The van der Waals surface area contributed by atoms with Crippen molar-refractivity contribution in [2.24, 2.45) is 12.8 Å². The highest BCUT2D eigenvalue weighted by molar-refractivity contribution is 9.10. The number of hydrogen-bond acceptors (Lipinski definition) is 5. The summed E-state index contributed by atoms with van der Waals surface area (Å²) in [7, 11) is 1.93. The Morgan fingerprint density at radius 3 is 2.84 bits per heavy atom. The van der Waals surface area contributed by atoms with E-state index >= 15 is 0 Å². The van der Waals surface area contributed by atoms with Crippen LogP contribution in [-0.4, -0.2) is 34.2 Å². The van der Waals surface area contributed by atoms with Crippen molar-refractivity contribution in [3.63, 3.8) is 0 Å². The van der Waals surface area contributed by atoms with Crippen molar-refractivity contribution in [3.05, 3.63) is 15.9 Å². The van der Waals surface area contributed by atoms with Crippen molar-refractivity contribution < 1.29 is 9.53 Å². The molecule has 108 valence electrons. The van der Waals surface area contributed by atoms with Crippen LogP contribution in [0, 0.1) is 6.92 Å². The summed E-state index contributed by atoms with van der Waals surface area (Å²) < 4.78 is 7.79. The SMILES string of the molecule is CCOC(=O)C(N)CCSCc1c(Br)c(C)nn1C. The fraction of sp³-hybridized carbons (Fsp3) is 0.667. The summed E-state index contributed by atoms with van der Waals surface area (Å²) >= 11 is 5.26. The van der Waals surface area contributed by atoms with Crippen LogP contribution in [0.2, 0.25) is 0 Å². The van der Waals surface area contributed by atoms with E-state index in [1.807, 2.05) is 18.7 Å². The number of aryl methyl sites for hydroxylation is 2. The van der Waals surface area contributed by atoms with E-state index in [-0.39, 0.29) is 5.97 Å². The van der Waals surface area contributed by atoms with Crippen LogP contribution in [-0.2, 0) is 22.3 Å². The molecule has 2 N–H and O–H groups in total. The van der Waals surface area contributed by atoms with Crippen molar-refractivity contribution in [1.29, 1.82) is 0 Å². The van der Waals surface area contributed by atoms with E-state index < -0.39 is 6.04 Å². The summed E-state index contributed by atoms with van der Waals surface area (Å²) in [4.78, 5) is 11.3. The third-order valence-electron chi connectivity index (χ3n) is 2.66. The summed E-state index contributed by atoms with van der Waals surface area (Å²) in [5.74, 6) is 1.34. The van der Waals surface area contributed by atoms with Crippen molar-refractivity contribution in [2.75, 3.05) is 12.4 Å². The quantitative estimate of drug-likeness (QED) is 0.602. The molecule has 1 atom stereocenters. The highest BCUT2D eigenvalue weighted by Crippen LogP contribution is 2.24. The Morgan fingerprint density at radius 2 is 2.32 bits per heavy atom. The van der Waals surface area contributed by atoms with Crippen LogP contribution in [0.25, 0.3) is 0 Å². The fourth-order valence-corrected chi connectivity index (χ4v) is 3.33. The molecule has 0 bridgehead atoms. The number of carbonyl (C=O) groups is 1. The number of halogens is 1. The molecule has 1 heterocycles. The van der Waals surface area contributed by atoms with E-state index in [4.69, 9.17) is 10.5 Å². The molecule has 7 heteroatoms. The predicted octanol–water partition coefficient (Wildman–Crippen LogP) is 2.00. The summed E-state index contributed by atoms with van der Waals surface area (Å²) in [6, 6.07) is -0.524. The molecule has 0 amide bonds. The molecule has 1 aromatic rings. The molecular weight excluding hydrogens is 330 g/mol. The Balaban J connectivity index is 2.33. The molecule has 0 aliphatic carbocycles. The van der Waals surface area contributed by atoms with Gasteiger partial charge in [-0.2, -0.15) is 16.9 Å². The van der Waals surface area contributed by atoms with Crippen molar-refractivity contribution in [3.8, 4) is 0 Å². The highest BCUT2D eigenvalue weighted by Gasteiger charge is 2.15. The molecule has 0 aromatic carbocycles. The van der Waals surface area contributed by atoms with E-state index in [9.17, 15) is 4.79 Å². The second-order valence-electron chi connectivity index (χ2n) is 4.17. The van der Waals surface area contributed by atoms with Crippen LogP contribution in [0.5, 0.6) is 0 Å². The zero-order chi connectivity index (χ0) is 14.4. The van der Waals surface area contributed by atoms with Crippen LogP contribution in [0.3, 0.4) is 0 Å². The first-order valence-corrected chi connectivity index (χ1v) is 8.10. The number of rotatable bonds is 7. The zero-order valence-corrected chi connectivity index (χ0v) is 13.9. The van der Waals surface area contributed by atoms with Crippen molar-refractivity contribution in [1.82, 2.24) is 9.78 Å². The lowest BCUT2D eigenvalue weighted by atomic mass is 10.2. The Kier molecular flexibility index (Phi) is 6.88. The molecule has 0 spiro atoms. The number of nitrogens with two attached hydrogens (primary N) is 1. The van der Waals surface area contributed by atoms with Gasteiger partial charge in [0.25, 0.3) is 0 Å². The third-order valence-corrected chi connectivity index (χ3v) is 4.70. The number of ether oxygens (including phenoxy) is 1. The molecule has 1 rings (SSSR count). The van der Waals surface area contributed by atoms with Gasteiger partial charge in [-0.15, -0.1) is 0 Å². The number of hydrogen-bond donors (Lipinski definition) is 1. The van der Waals surface area contributed by atoms with Gasteiger partial charge in [-0.05, 0) is 42.0 Å². The minimum absolute atomic E-state index is 0.319. The van der Waals surface area contributed by atoms with Gasteiger partial charge in [-0.1, -0.05) is 0 Å².